The molecule has 1 nitrogen and oxygen atoms in total. The van der Waals surface area contributed by atoms with E-state index in [9.17, 15) is 0 Å². The first-order chi connectivity index (χ1) is 7.40. The normalized spacial score (nSPS) is 16.2. The number of benzene rings is 1. The van der Waals surface area contributed by atoms with E-state index in [1.165, 1.54) is 17.1 Å². The molecule has 1 aromatic carbocycles. The molecular weight excluding hydrogens is 224 g/mol. The van der Waals surface area contributed by atoms with Crippen LogP contribution in [-0.4, -0.2) is 18.1 Å². The summed E-state index contributed by atoms with van der Waals surface area (Å²) in [7, 11) is 0. The fraction of sp³-hybridized carbons (Fsp3) is 0.333. The fourth-order valence-electron chi connectivity index (χ4n) is 1.40. The van der Waals surface area contributed by atoms with Gasteiger partial charge >= 0.3 is 0 Å². The van der Waals surface area contributed by atoms with Crippen LogP contribution in [0.1, 0.15) is 10.1 Å². The van der Waals surface area contributed by atoms with E-state index in [-0.39, 0.29) is 0 Å². The molecule has 0 unspecified atom stereocenters. The van der Waals surface area contributed by atoms with Crippen molar-refractivity contribution in [3.8, 4) is 18.1 Å². The molecule has 1 aromatic rings. The molecule has 0 aromatic heterocycles. The van der Waals surface area contributed by atoms with E-state index in [1.807, 2.05) is 35.7 Å². The molecule has 0 aliphatic carbocycles. The Morgan fingerprint density at radius 1 is 1.27 bits per heavy atom. The summed E-state index contributed by atoms with van der Waals surface area (Å²) in [5.41, 5.74) is 1.37. The molecule has 0 amide bonds. The van der Waals surface area contributed by atoms with E-state index in [0.717, 1.165) is 5.75 Å². The van der Waals surface area contributed by atoms with Crippen LogP contribution in [0.15, 0.2) is 24.3 Å². The summed E-state index contributed by atoms with van der Waals surface area (Å²) < 4.78 is 5.93. The van der Waals surface area contributed by atoms with E-state index in [2.05, 4.69) is 18.1 Å². The summed E-state index contributed by atoms with van der Waals surface area (Å²) in [5, 5.41) is 0. The van der Waals surface area contributed by atoms with E-state index in [0.29, 0.717) is 11.2 Å². The minimum Gasteiger partial charge on any atom is -0.481 e. The largest absolute Gasteiger partial charge is 0.481 e. The van der Waals surface area contributed by atoms with Crippen molar-refractivity contribution in [3.05, 3.63) is 29.8 Å². The molecule has 0 atom stereocenters. The van der Waals surface area contributed by atoms with Gasteiger partial charge in [-0.15, -0.1) is 29.9 Å². The Labute approximate surface area is 99.0 Å². The molecule has 2 rings (SSSR count). The minimum absolute atomic E-state index is 0.340. The van der Waals surface area contributed by atoms with E-state index < -0.39 is 0 Å². The van der Waals surface area contributed by atoms with E-state index >= 15 is 0 Å². The van der Waals surface area contributed by atoms with Crippen molar-refractivity contribution in [2.24, 2.45) is 0 Å². The van der Waals surface area contributed by atoms with Gasteiger partial charge in [0.05, 0.1) is 4.58 Å². The predicted molar refractivity (Wildman–Crippen MR) is 68.4 cm³/mol. The highest BCUT2D eigenvalue weighted by atomic mass is 32.2. The average molecular weight is 236 g/mol. The molecule has 1 aliphatic heterocycles. The third kappa shape index (κ3) is 2.87. The Balaban J connectivity index is 2.00. The van der Waals surface area contributed by atoms with Crippen molar-refractivity contribution >= 4 is 23.5 Å². The third-order valence-electron chi connectivity index (χ3n) is 2.10. The number of terminal acetylenes is 1. The third-order valence-corrected chi connectivity index (χ3v) is 5.20. The van der Waals surface area contributed by atoms with E-state index in [1.54, 1.807) is 0 Å². The summed E-state index contributed by atoms with van der Waals surface area (Å²) in [4.78, 5) is 0. The Kier molecular flexibility index (Phi) is 3.87. The summed E-state index contributed by atoms with van der Waals surface area (Å²) in [6.07, 6.45) is 5.12. The van der Waals surface area contributed by atoms with Gasteiger partial charge in [-0.1, -0.05) is 18.1 Å². The Morgan fingerprint density at radius 3 is 2.53 bits per heavy atom. The number of hydrogen-bond acceptors (Lipinski definition) is 3. The maximum atomic E-state index is 5.32. The van der Waals surface area contributed by atoms with Crippen molar-refractivity contribution in [2.45, 2.75) is 4.58 Å². The predicted octanol–water partition coefficient (Wildman–Crippen LogP) is 3.18. The van der Waals surface area contributed by atoms with Gasteiger partial charge in [-0.3, -0.25) is 0 Å². The standard InChI is InChI=1S/C12H12OS2/c1-2-7-13-11-5-3-10(4-6-11)12-14-8-9-15-12/h1,3-6,12H,7-9H2. The lowest BCUT2D eigenvalue weighted by Gasteiger charge is -2.09. The summed E-state index contributed by atoms with van der Waals surface area (Å²) >= 11 is 4.02. The van der Waals surface area contributed by atoms with Crippen molar-refractivity contribution < 1.29 is 4.74 Å². The fourth-order valence-corrected chi connectivity index (χ4v) is 4.26. The van der Waals surface area contributed by atoms with Crippen molar-refractivity contribution in [3.63, 3.8) is 0 Å². The van der Waals surface area contributed by atoms with Crippen LogP contribution in [0.3, 0.4) is 0 Å². The second kappa shape index (κ2) is 5.39. The molecule has 0 saturated carbocycles. The quantitative estimate of drug-likeness (QED) is 0.746. The molecule has 15 heavy (non-hydrogen) atoms. The summed E-state index contributed by atoms with van der Waals surface area (Å²) in [5.74, 6) is 5.82. The van der Waals surface area contributed by atoms with Crippen LogP contribution >= 0.6 is 23.5 Å². The lowest BCUT2D eigenvalue weighted by molar-refractivity contribution is 0.370. The summed E-state index contributed by atoms with van der Waals surface area (Å²) in [6.45, 7) is 0.340. The molecule has 1 heterocycles. The van der Waals surface area contributed by atoms with Crippen LogP contribution in [-0.2, 0) is 0 Å². The molecule has 1 saturated heterocycles. The number of thioether (sulfide) groups is 2. The zero-order valence-electron chi connectivity index (χ0n) is 8.31. The highest BCUT2D eigenvalue weighted by molar-refractivity contribution is 8.19. The monoisotopic (exact) mass is 236 g/mol. The van der Waals surface area contributed by atoms with Gasteiger partial charge in [-0.05, 0) is 17.7 Å². The van der Waals surface area contributed by atoms with Gasteiger partial charge in [0.15, 0.2) is 0 Å². The van der Waals surface area contributed by atoms with Crippen LogP contribution in [0.5, 0.6) is 5.75 Å². The highest BCUT2D eigenvalue weighted by Crippen LogP contribution is 2.45. The molecule has 1 fully saturated rings. The Bertz CT molecular complexity index is 347. The lowest BCUT2D eigenvalue weighted by atomic mass is 10.2. The zero-order valence-corrected chi connectivity index (χ0v) is 9.94. The van der Waals surface area contributed by atoms with Crippen LogP contribution in [0, 0.1) is 12.3 Å². The van der Waals surface area contributed by atoms with E-state index in [4.69, 9.17) is 11.2 Å². The molecule has 0 radical (unpaired) electrons. The maximum absolute atomic E-state index is 5.32. The van der Waals surface area contributed by atoms with Crippen LogP contribution in [0.2, 0.25) is 0 Å². The Morgan fingerprint density at radius 2 is 1.93 bits per heavy atom. The molecule has 78 valence electrons. The van der Waals surface area contributed by atoms with Gasteiger partial charge in [0.2, 0.25) is 0 Å². The van der Waals surface area contributed by atoms with Crippen LogP contribution in [0.4, 0.5) is 0 Å². The smallest absolute Gasteiger partial charge is 0.148 e. The number of ether oxygens (including phenoxy) is 1. The second-order valence-corrected chi connectivity index (χ2v) is 5.86. The lowest BCUT2D eigenvalue weighted by Crippen LogP contribution is -1.93. The number of hydrogen-bond donors (Lipinski definition) is 0. The van der Waals surface area contributed by atoms with Gasteiger partial charge in [-0.25, -0.2) is 0 Å². The number of rotatable bonds is 3. The Hall–Kier alpha value is -0.720. The van der Waals surface area contributed by atoms with Gasteiger partial charge < -0.3 is 4.74 Å². The molecule has 3 heteroatoms. The topological polar surface area (TPSA) is 9.23 Å². The first-order valence-corrected chi connectivity index (χ1v) is 6.89. The molecule has 0 spiro atoms. The van der Waals surface area contributed by atoms with Gasteiger partial charge in [0, 0.05) is 11.5 Å². The van der Waals surface area contributed by atoms with Crippen molar-refractivity contribution in [1.82, 2.24) is 0 Å². The average Bonchev–Trinajstić information content (AvgIpc) is 2.80. The molecular formula is C12H12OS2. The maximum Gasteiger partial charge on any atom is 0.148 e. The van der Waals surface area contributed by atoms with Gasteiger partial charge in [-0.2, -0.15) is 0 Å². The first-order valence-electron chi connectivity index (χ1n) is 4.79. The van der Waals surface area contributed by atoms with Crippen LogP contribution in [0.25, 0.3) is 0 Å². The first kappa shape index (κ1) is 10.8. The molecule has 0 N–H and O–H groups in total. The molecule has 1 aliphatic rings. The highest BCUT2D eigenvalue weighted by Gasteiger charge is 2.17. The zero-order chi connectivity index (χ0) is 10.5. The van der Waals surface area contributed by atoms with Gasteiger partial charge in [0.1, 0.15) is 12.4 Å². The summed E-state index contributed by atoms with van der Waals surface area (Å²) in [6, 6.07) is 8.24. The molecule has 0 bridgehead atoms. The van der Waals surface area contributed by atoms with Gasteiger partial charge in [0.25, 0.3) is 0 Å². The second-order valence-electron chi connectivity index (χ2n) is 3.14. The van der Waals surface area contributed by atoms with Crippen molar-refractivity contribution in [1.29, 1.82) is 0 Å². The van der Waals surface area contributed by atoms with Crippen molar-refractivity contribution in [2.75, 3.05) is 18.1 Å². The minimum atomic E-state index is 0.340. The van der Waals surface area contributed by atoms with Crippen LogP contribution < -0.4 is 4.74 Å². The SMILES string of the molecule is C#CCOc1ccc(C2SCCS2)cc1.